The highest BCUT2D eigenvalue weighted by Gasteiger charge is 2.13. The van der Waals surface area contributed by atoms with E-state index >= 15 is 0 Å². The van der Waals surface area contributed by atoms with Gasteiger partial charge in [-0.1, -0.05) is 23.7 Å². The number of halogens is 1. The SMILES string of the molecule is CC(Cc1ccc(OCCO)cc1)NCC(O)c1csc(Cl)n1. The number of aliphatic hydroxyl groups is 2. The number of nitrogens with zero attached hydrogens (tertiary/aromatic N) is 1. The number of thiazole rings is 1. The van der Waals surface area contributed by atoms with Crippen LogP contribution in [0.15, 0.2) is 29.6 Å². The third-order valence-electron chi connectivity index (χ3n) is 3.32. The van der Waals surface area contributed by atoms with Crippen LogP contribution in [0.1, 0.15) is 24.3 Å². The van der Waals surface area contributed by atoms with Crippen molar-refractivity contribution in [1.29, 1.82) is 0 Å². The van der Waals surface area contributed by atoms with Crippen LogP contribution in [0.2, 0.25) is 4.47 Å². The fourth-order valence-electron chi connectivity index (χ4n) is 2.14. The van der Waals surface area contributed by atoms with E-state index in [0.717, 1.165) is 12.2 Å². The molecule has 0 aliphatic carbocycles. The molecule has 5 nitrogen and oxygen atoms in total. The van der Waals surface area contributed by atoms with Gasteiger partial charge in [-0.2, -0.15) is 0 Å². The van der Waals surface area contributed by atoms with Crippen molar-refractivity contribution in [3.8, 4) is 5.75 Å². The molecule has 7 heteroatoms. The minimum Gasteiger partial charge on any atom is -0.491 e. The van der Waals surface area contributed by atoms with E-state index in [1.807, 2.05) is 24.3 Å². The van der Waals surface area contributed by atoms with Crippen molar-refractivity contribution >= 4 is 22.9 Å². The molecule has 0 spiro atoms. The lowest BCUT2D eigenvalue weighted by molar-refractivity contribution is 0.166. The van der Waals surface area contributed by atoms with E-state index in [1.54, 1.807) is 5.38 Å². The van der Waals surface area contributed by atoms with Gasteiger partial charge >= 0.3 is 0 Å². The Hall–Kier alpha value is -1.18. The van der Waals surface area contributed by atoms with Crippen LogP contribution in [0.3, 0.4) is 0 Å². The zero-order valence-corrected chi connectivity index (χ0v) is 14.5. The van der Waals surface area contributed by atoms with Crippen LogP contribution in [0, 0.1) is 0 Å². The van der Waals surface area contributed by atoms with Crippen LogP contribution in [-0.2, 0) is 6.42 Å². The van der Waals surface area contributed by atoms with E-state index in [9.17, 15) is 5.11 Å². The first-order chi connectivity index (χ1) is 11.1. The molecule has 0 bridgehead atoms. The second-order valence-corrected chi connectivity index (χ2v) is 6.71. The van der Waals surface area contributed by atoms with Crippen LogP contribution >= 0.6 is 22.9 Å². The molecule has 0 aliphatic heterocycles. The first kappa shape index (κ1) is 18.2. The Morgan fingerprint density at radius 3 is 2.70 bits per heavy atom. The standard InChI is InChI=1S/C16H21ClN2O3S/c1-11(18-9-15(21)14-10-23-16(17)19-14)8-12-2-4-13(5-3-12)22-7-6-20/h2-5,10-11,15,18,20-21H,6-9H2,1H3. The van der Waals surface area contributed by atoms with E-state index in [2.05, 4.69) is 17.2 Å². The molecule has 0 saturated heterocycles. The number of benzene rings is 1. The van der Waals surface area contributed by atoms with E-state index in [1.165, 1.54) is 16.9 Å². The quantitative estimate of drug-likeness (QED) is 0.643. The van der Waals surface area contributed by atoms with Gasteiger partial charge in [-0.3, -0.25) is 0 Å². The molecule has 126 valence electrons. The Balaban J connectivity index is 1.76. The molecule has 2 unspecified atom stereocenters. The highest BCUT2D eigenvalue weighted by molar-refractivity contribution is 7.13. The molecule has 2 atom stereocenters. The first-order valence-electron chi connectivity index (χ1n) is 7.43. The number of rotatable bonds is 9. The largest absolute Gasteiger partial charge is 0.491 e. The number of aromatic nitrogens is 1. The highest BCUT2D eigenvalue weighted by Crippen LogP contribution is 2.20. The Morgan fingerprint density at radius 2 is 2.09 bits per heavy atom. The molecule has 0 aliphatic rings. The smallest absolute Gasteiger partial charge is 0.183 e. The van der Waals surface area contributed by atoms with Crippen LogP contribution < -0.4 is 10.1 Å². The van der Waals surface area contributed by atoms with Gasteiger partial charge in [-0.05, 0) is 31.0 Å². The number of aliphatic hydroxyl groups excluding tert-OH is 2. The molecule has 0 radical (unpaired) electrons. The predicted octanol–water partition coefficient (Wildman–Crippen LogP) is 2.42. The maximum Gasteiger partial charge on any atom is 0.183 e. The van der Waals surface area contributed by atoms with E-state index < -0.39 is 6.10 Å². The maximum atomic E-state index is 10.1. The summed E-state index contributed by atoms with van der Waals surface area (Å²) in [4.78, 5) is 4.07. The van der Waals surface area contributed by atoms with E-state index in [0.29, 0.717) is 23.3 Å². The van der Waals surface area contributed by atoms with Gasteiger partial charge in [0, 0.05) is 18.0 Å². The van der Waals surface area contributed by atoms with Gasteiger partial charge in [0.15, 0.2) is 4.47 Å². The summed E-state index contributed by atoms with van der Waals surface area (Å²) in [5, 5.41) is 23.8. The Kier molecular flexibility index (Phi) is 7.26. The second-order valence-electron chi connectivity index (χ2n) is 5.27. The molecule has 0 saturated carbocycles. The molecular formula is C16H21ClN2O3S. The average molecular weight is 357 g/mol. The van der Waals surface area contributed by atoms with Crippen molar-refractivity contribution in [1.82, 2.24) is 10.3 Å². The van der Waals surface area contributed by atoms with Crippen LogP contribution in [-0.4, -0.2) is 41.0 Å². The van der Waals surface area contributed by atoms with Gasteiger partial charge in [0.1, 0.15) is 18.5 Å². The van der Waals surface area contributed by atoms with Gasteiger partial charge < -0.3 is 20.3 Å². The summed E-state index contributed by atoms with van der Waals surface area (Å²) < 4.78 is 5.77. The lowest BCUT2D eigenvalue weighted by atomic mass is 10.1. The van der Waals surface area contributed by atoms with Crippen molar-refractivity contribution in [2.75, 3.05) is 19.8 Å². The number of hydrogen-bond acceptors (Lipinski definition) is 6. The predicted molar refractivity (Wildman–Crippen MR) is 92.3 cm³/mol. The minimum atomic E-state index is -0.657. The minimum absolute atomic E-state index is 0.00916. The van der Waals surface area contributed by atoms with Crippen LogP contribution in [0.25, 0.3) is 0 Å². The van der Waals surface area contributed by atoms with Crippen molar-refractivity contribution in [3.63, 3.8) is 0 Å². The van der Waals surface area contributed by atoms with Gasteiger partial charge in [0.05, 0.1) is 12.3 Å². The molecule has 1 aromatic carbocycles. The summed E-state index contributed by atoms with van der Waals surface area (Å²) in [5.41, 5.74) is 1.78. The van der Waals surface area contributed by atoms with Crippen molar-refractivity contribution in [2.45, 2.75) is 25.5 Å². The fourth-order valence-corrected chi connectivity index (χ4v) is 2.96. The molecule has 2 rings (SSSR count). The highest BCUT2D eigenvalue weighted by atomic mass is 35.5. The fraction of sp³-hybridized carbons (Fsp3) is 0.438. The molecule has 0 amide bonds. The van der Waals surface area contributed by atoms with E-state index in [-0.39, 0.29) is 12.6 Å². The second kappa shape index (κ2) is 9.20. The summed E-state index contributed by atoms with van der Waals surface area (Å²) >= 11 is 7.09. The number of ether oxygens (including phenoxy) is 1. The van der Waals surface area contributed by atoms with Crippen molar-refractivity contribution in [2.24, 2.45) is 0 Å². The zero-order chi connectivity index (χ0) is 16.7. The Morgan fingerprint density at radius 1 is 1.35 bits per heavy atom. The number of nitrogens with one attached hydrogen (secondary N) is 1. The molecule has 2 aromatic rings. The van der Waals surface area contributed by atoms with Crippen molar-refractivity contribution < 1.29 is 14.9 Å². The third kappa shape index (κ3) is 6.08. The van der Waals surface area contributed by atoms with Crippen LogP contribution in [0.5, 0.6) is 5.75 Å². The average Bonchev–Trinajstić information content (AvgIpc) is 2.98. The topological polar surface area (TPSA) is 74.6 Å². The Labute approximate surface area is 144 Å². The number of hydrogen-bond donors (Lipinski definition) is 3. The lowest BCUT2D eigenvalue weighted by Crippen LogP contribution is -2.32. The van der Waals surface area contributed by atoms with Gasteiger partial charge in [0.25, 0.3) is 0 Å². The van der Waals surface area contributed by atoms with Gasteiger partial charge in [-0.25, -0.2) is 4.98 Å². The van der Waals surface area contributed by atoms with Crippen LogP contribution in [0.4, 0.5) is 0 Å². The molecule has 3 N–H and O–H groups in total. The monoisotopic (exact) mass is 356 g/mol. The summed E-state index contributed by atoms with van der Waals surface area (Å²) in [6, 6.07) is 8.00. The Bertz CT molecular complexity index is 591. The molecular weight excluding hydrogens is 336 g/mol. The molecule has 1 heterocycles. The van der Waals surface area contributed by atoms with E-state index in [4.69, 9.17) is 21.4 Å². The maximum absolute atomic E-state index is 10.1. The summed E-state index contributed by atoms with van der Waals surface area (Å²) in [6.07, 6.45) is 0.181. The first-order valence-corrected chi connectivity index (χ1v) is 8.69. The zero-order valence-electron chi connectivity index (χ0n) is 12.9. The summed E-state index contributed by atoms with van der Waals surface area (Å²) in [6.45, 7) is 2.81. The van der Waals surface area contributed by atoms with Crippen molar-refractivity contribution in [3.05, 3.63) is 45.4 Å². The van der Waals surface area contributed by atoms with Gasteiger partial charge in [0.2, 0.25) is 0 Å². The molecule has 23 heavy (non-hydrogen) atoms. The molecule has 1 aromatic heterocycles. The summed E-state index contributed by atoms with van der Waals surface area (Å²) in [7, 11) is 0. The van der Waals surface area contributed by atoms with Gasteiger partial charge in [-0.15, -0.1) is 11.3 Å². The molecule has 0 fully saturated rings. The normalized spacial score (nSPS) is 13.7. The third-order valence-corrected chi connectivity index (χ3v) is 4.32. The summed E-state index contributed by atoms with van der Waals surface area (Å²) in [5.74, 6) is 0.749. The lowest BCUT2D eigenvalue weighted by Gasteiger charge is -2.16.